The van der Waals surface area contributed by atoms with Gasteiger partial charge in [-0.1, -0.05) is 19.8 Å². The SMILES string of the molecule is CCCC1CCC(Oc2ccc(S(=O)(=O)C3CC3)cc2-c2cc(C)n(O)c3nccc2-3)CC1. The minimum absolute atomic E-state index is 0.128. The van der Waals surface area contributed by atoms with Crippen molar-refractivity contribution in [2.75, 3.05) is 0 Å². The second-order valence-corrected chi connectivity index (χ2v) is 11.9. The van der Waals surface area contributed by atoms with Crippen molar-refractivity contribution >= 4 is 9.84 Å². The van der Waals surface area contributed by atoms with Crippen LogP contribution in [0.1, 0.15) is 64.0 Å². The molecule has 4 aliphatic rings. The zero-order chi connectivity index (χ0) is 23.2. The van der Waals surface area contributed by atoms with E-state index >= 15 is 0 Å². The number of pyridine rings is 1. The van der Waals surface area contributed by atoms with E-state index in [9.17, 15) is 13.6 Å². The summed E-state index contributed by atoms with van der Waals surface area (Å²) in [5.41, 5.74) is 2.96. The fraction of sp³-hybridized carbons (Fsp3) is 0.500. The first kappa shape index (κ1) is 22.3. The molecule has 0 unspecified atom stereocenters. The van der Waals surface area contributed by atoms with E-state index in [0.29, 0.717) is 22.2 Å². The normalized spacial score (nSPS) is 21.4. The molecule has 7 heteroatoms. The van der Waals surface area contributed by atoms with Gasteiger partial charge in [-0.15, -0.1) is 0 Å². The van der Waals surface area contributed by atoms with Crippen LogP contribution in [0.2, 0.25) is 0 Å². The summed E-state index contributed by atoms with van der Waals surface area (Å²) in [6.07, 6.45) is 10.1. The van der Waals surface area contributed by atoms with E-state index in [1.54, 1.807) is 25.3 Å². The van der Waals surface area contributed by atoms with Crippen LogP contribution in [0.4, 0.5) is 0 Å². The molecule has 0 radical (unpaired) electrons. The lowest BCUT2D eigenvalue weighted by Crippen LogP contribution is -2.24. The number of sulfone groups is 1. The standard InChI is InChI=1S/C26H32N2O4S/c1-3-4-18-5-7-19(8-6-18)32-25-12-11-21(33(30,31)20-9-10-20)16-24(25)23-15-17(2)28(29)26-22(23)13-14-27-26/h11-16,18-20,29H,3-10H2,1-2H3. The van der Waals surface area contributed by atoms with Gasteiger partial charge in [0.2, 0.25) is 0 Å². The van der Waals surface area contributed by atoms with Gasteiger partial charge in [0.05, 0.1) is 21.9 Å². The van der Waals surface area contributed by atoms with Crippen molar-refractivity contribution < 1.29 is 18.4 Å². The molecule has 2 fully saturated rings. The summed E-state index contributed by atoms with van der Waals surface area (Å²) in [7, 11) is -3.34. The van der Waals surface area contributed by atoms with Gasteiger partial charge in [-0.05, 0) is 87.3 Å². The van der Waals surface area contributed by atoms with E-state index in [1.165, 1.54) is 25.7 Å². The molecule has 0 bridgehead atoms. The van der Waals surface area contributed by atoms with Crippen LogP contribution in [0.15, 0.2) is 41.4 Å². The van der Waals surface area contributed by atoms with Crippen LogP contribution in [0.5, 0.6) is 5.75 Å². The topological polar surface area (TPSA) is 81.4 Å². The van der Waals surface area contributed by atoms with E-state index < -0.39 is 9.84 Å². The first-order chi connectivity index (χ1) is 15.9. The quantitative estimate of drug-likeness (QED) is 0.438. The van der Waals surface area contributed by atoms with Gasteiger partial charge in [-0.2, -0.15) is 4.73 Å². The second kappa shape index (κ2) is 8.67. The first-order valence-electron chi connectivity index (χ1n) is 12.1. The zero-order valence-corrected chi connectivity index (χ0v) is 20.1. The molecule has 1 N–H and O–H groups in total. The zero-order valence-electron chi connectivity index (χ0n) is 19.3. The van der Waals surface area contributed by atoms with Gasteiger partial charge in [-0.25, -0.2) is 13.4 Å². The molecule has 0 spiro atoms. The van der Waals surface area contributed by atoms with Crippen LogP contribution in [0.25, 0.3) is 22.5 Å². The highest BCUT2D eigenvalue weighted by molar-refractivity contribution is 7.92. The van der Waals surface area contributed by atoms with Gasteiger partial charge in [0.25, 0.3) is 0 Å². The Bertz CT molecular complexity index is 1220. The van der Waals surface area contributed by atoms with Gasteiger partial charge in [0.1, 0.15) is 5.75 Å². The predicted molar refractivity (Wildman–Crippen MR) is 128 cm³/mol. The number of nitrogens with zero attached hydrogens (tertiary/aromatic N) is 2. The molecule has 1 aromatic rings. The number of aromatic nitrogens is 2. The molecule has 2 heterocycles. The summed E-state index contributed by atoms with van der Waals surface area (Å²) in [6.45, 7) is 4.04. The minimum atomic E-state index is -3.34. The molecule has 176 valence electrons. The Labute approximate surface area is 195 Å². The molecule has 33 heavy (non-hydrogen) atoms. The molecular formula is C26H32N2O4S. The van der Waals surface area contributed by atoms with E-state index in [2.05, 4.69) is 11.9 Å². The number of aryl methyl sites for hydroxylation is 1. The van der Waals surface area contributed by atoms with Crippen molar-refractivity contribution in [1.29, 1.82) is 0 Å². The average molecular weight is 469 g/mol. The van der Waals surface area contributed by atoms with Crippen LogP contribution < -0.4 is 4.74 Å². The number of fused-ring (bicyclic) bond motifs is 1. The third-order valence-electron chi connectivity index (χ3n) is 7.17. The monoisotopic (exact) mass is 468 g/mol. The summed E-state index contributed by atoms with van der Waals surface area (Å²) in [4.78, 5) is 4.64. The lowest BCUT2D eigenvalue weighted by molar-refractivity contribution is 0.129. The van der Waals surface area contributed by atoms with Crippen molar-refractivity contribution in [2.24, 2.45) is 5.92 Å². The third-order valence-corrected chi connectivity index (χ3v) is 9.43. The minimum Gasteiger partial charge on any atom is -0.490 e. The van der Waals surface area contributed by atoms with Crippen molar-refractivity contribution in [3.05, 3.63) is 42.2 Å². The van der Waals surface area contributed by atoms with Crippen LogP contribution >= 0.6 is 0 Å². The molecule has 1 aromatic carbocycles. The molecule has 0 saturated heterocycles. The molecule has 2 aliphatic carbocycles. The predicted octanol–water partition coefficient (Wildman–Crippen LogP) is 5.87. The van der Waals surface area contributed by atoms with Gasteiger partial charge >= 0.3 is 0 Å². The van der Waals surface area contributed by atoms with E-state index in [4.69, 9.17) is 4.74 Å². The molecule has 0 amide bonds. The fourth-order valence-electron chi connectivity index (χ4n) is 5.14. The van der Waals surface area contributed by atoms with Crippen molar-refractivity contribution in [3.63, 3.8) is 0 Å². The number of hydrogen-bond donors (Lipinski definition) is 1. The van der Waals surface area contributed by atoms with Crippen molar-refractivity contribution in [3.8, 4) is 28.3 Å². The third kappa shape index (κ3) is 4.23. The largest absolute Gasteiger partial charge is 0.490 e. The fourth-order valence-corrected chi connectivity index (χ4v) is 6.82. The molecule has 5 rings (SSSR count). The smallest absolute Gasteiger partial charge is 0.181 e. The Balaban J connectivity index is 1.55. The van der Waals surface area contributed by atoms with E-state index in [-0.39, 0.29) is 11.4 Å². The maximum absolute atomic E-state index is 13.0. The number of rotatable bonds is 7. The maximum atomic E-state index is 13.0. The average Bonchev–Trinajstić information content (AvgIpc) is 3.56. The van der Waals surface area contributed by atoms with Gasteiger partial charge in [-0.3, -0.25) is 0 Å². The second-order valence-electron chi connectivity index (χ2n) is 9.64. The number of hydrogen-bond acceptors (Lipinski definition) is 5. The molecule has 0 atom stereocenters. The summed E-state index contributed by atoms with van der Waals surface area (Å²) < 4.78 is 33.6. The molecule has 2 saturated carbocycles. The Kier molecular flexibility index (Phi) is 5.85. The highest BCUT2D eigenvalue weighted by Gasteiger charge is 2.37. The number of benzene rings is 1. The van der Waals surface area contributed by atoms with E-state index in [1.807, 2.05) is 18.2 Å². The summed E-state index contributed by atoms with van der Waals surface area (Å²) in [5, 5.41) is 10.1. The van der Waals surface area contributed by atoms with Gasteiger partial charge in [0, 0.05) is 17.3 Å². The molecule has 0 aromatic heterocycles. The Hall–Kier alpha value is -2.54. The first-order valence-corrected chi connectivity index (χ1v) is 13.6. The molecule has 6 nitrogen and oxygen atoms in total. The van der Waals surface area contributed by atoms with Crippen LogP contribution in [-0.2, 0) is 9.84 Å². The molecular weight excluding hydrogens is 436 g/mol. The Morgan fingerprint density at radius 3 is 2.48 bits per heavy atom. The van der Waals surface area contributed by atoms with Gasteiger partial charge < -0.3 is 9.94 Å². The lowest BCUT2D eigenvalue weighted by atomic mass is 9.84. The van der Waals surface area contributed by atoms with E-state index in [0.717, 1.165) is 53.0 Å². The van der Waals surface area contributed by atoms with Crippen LogP contribution in [0.3, 0.4) is 0 Å². The summed E-state index contributed by atoms with van der Waals surface area (Å²) in [6, 6.07) is 8.99. The van der Waals surface area contributed by atoms with Crippen LogP contribution in [-0.4, -0.2) is 34.7 Å². The Morgan fingerprint density at radius 2 is 1.79 bits per heavy atom. The highest BCUT2D eigenvalue weighted by Crippen LogP contribution is 2.43. The summed E-state index contributed by atoms with van der Waals surface area (Å²) >= 11 is 0. The summed E-state index contributed by atoms with van der Waals surface area (Å²) in [5.74, 6) is 1.93. The van der Waals surface area contributed by atoms with Crippen molar-refractivity contribution in [2.45, 2.75) is 81.5 Å². The van der Waals surface area contributed by atoms with Crippen molar-refractivity contribution in [1.82, 2.24) is 9.71 Å². The number of ether oxygens (including phenoxy) is 1. The maximum Gasteiger partial charge on any atom is 0.181 e. The van der Waals surface area contributed by atoms with Gasteiger partial charge in [0.15, 0.2) is 15.7 Å². The highest BCUT2D eigenvalue weighted by atomic mass is 32.2. The Morgan fingerprint density at radius 1 is 1.03 bits per heavy atom. The molecule has 2 aliphatic heterocycles. The van der Waals surface area contributed by atoms with Crippen LogP contribution in [0, 0.1) is 12.8 Å². The lowest BCUT2D eigenvalue weighted by Gasteiger charge is -2.30.